The van der Waals surface area contributed by atoms with E-state index in [1.165, 1.54) is 12.8 Å². The number of aliphatic hydroxyl groups excluding tert-OH is 1. The zero-order valence-corrected chi connectivity index (χ0v) is 15.4. The summed E-state index contributed by atoms with van der Waals surface area (Å²) in [6.45, 7) is 6.07. The Labute approximate surface area is 152 Å². The van der Waals surface area contributed by atoms with Crippen molar-refractivity contribution < 1.29 is 9.63 Å². The van der Waals surface area contributed by atoms with Crippen LogP contribution in [0.25, 0.3) is 22.2 Å². The zero-order chi connectivity index (χ0) is 18.0. The Hall–Kier alpha value is -2.34. The Balaban J connectivity index is 1.75. The molecule has 2 atom stereocenters. The van der Waals surface area contributed by atoms with Crippen molar-refractivity contribution in [2.75, 3.05) is 4.90 Å². The number of aromatic nitrogens is 3. The maximum atomic E-state index is 10.6. The molecule has 5 rings (SSSR count). The third-order valence-electron chi connectivity index (χ3n) is 5.79. The second-order valence-corrected chi connectivity index (χ2v) is 7.80. The van der Waals surface area contributed by atoms with Gasteiger partial charge in [0.2, 0.25) is 0 Å². The van der Waals surface area contributed by atoms with Crippen molar-refractivity contribution in [3.8, 4) is 11.1 Å². The Morgan fingerprint density at radius 2 is 2.00 bits per heavy atom. The first-order valence-corrected chi connectivity index (χ1v) is 9.46. The topological polar surface area (TPSA) is 78.2 Å². The van der Waals surface area contributed by atoms with Gasteiger partial charge in [-0.05, 0) is 64.2 Å². The molecule has 1 aromatic carbocycles. The van der Waals surface area contributed by atoms with Crippen LogP contribution in [0.3, 0.4) is 0 Å². The third-order valence-corrected chi connectivity index (χ3v) is 5.79. The highest BCUT2D eigenvalue weighted by Crippen LogP contribution is 2.43. The average Bonchev–Trinajstić information content (AvgIpc) is 3.17. The number of benzene rings is 1. The Kier molecular flexibility index (Phi) is 3.41. The molecule has 0 radical (unpaired) electrons. The number of aryl methyl sites for hydroxylation is 2. The number of imidazole rings is 1. The summed E-state index contributed by atoms with van der Waals surface area (Å²) >= 11 is 0. The minimum atomic E-state index is -0.464. The van der Waals surface area contributed by atoms with Crippen LogP contribution < -0.4 is 4.90 Å². The quantitative estimate of drug-likeness (QED) is 0.744. The predicted octanol–water partition coefficient (Wildman–Crippen LogP) is 4.02. The minimum absolute atomic E-state index is 0.286. The summed E-state index contributed by atoms with van der Waals surface area (Å²) in [5.41, 5.74) is 5.93. The molecule has 0 amide bonds. The van der Waals surface area contributed by atoms with E-state index in [2.05, 4.69) is 34.1 Å². The van der Waals surface area contributed by atoms with E-state index >= 15 is 0 Å². The minimum Gasteiger partial charge on any atom is -0.374 e. The number of anilines is 1. The van der Waals surface area contributed by atoms with Crippen molar-refractivity contribution in [2.45, 2.75) is 64.6 Å². The lowest BCUT2D eigenvalue weighted by molar-refractivity contribution is 0.183. The largest absolute Gasteiger partial charge is 0.374 e. The van der Waals surface area contributed by atoms with Crippen LogP contribution in [0, 0.1) is 13.8 Å². The Bertz CT molecular complexity index is 956. The second-order valence-electron chi connectivity index (χ2n) is 7.80. The molecule has 1 aliphatic carbocycles. The summed E-state index contributed by atoms with van der Waals surface area (Å²) in [5, 5.41) is 14.7. The molecule has 136 valence electrons. The van der Waals surface area contributed by atoms with Crippen molar-refractivity contribution >= 4 is 16.7 Å². The van der Waals surface area contributed by atoms with Crippen LogP contribution in [0.4, 0.5) is 5.69 Å². The van der Waals surface area contributed by atoms with Gasteiger partial charge in [-0.15, -0.1) is 0 Å². The lowest BCUT2D eigenvalue weighted by Gasteiger charge is -2.28. The van der Waals surface area contributed by atoms with Gasteiger partial charge in [0.05, 0.1) is 16.9 Å². The highest BCUT2D eigenvalue weighted by atomic mass is 16.5. The molecule has 2 unspecified atom stereocenters. The molecule has 1 saturated heterocycles. The molecular formula is C20H24N4O2. The Morgan fingerprint density at radius 1 is 1.19 bits per heavy atom. The van der Waals surface area contributed by atoms with Gasteiger partial charge >= 0.3 is 0 Å². The summed E-state index contributed by atoms with van der Waals surface area (Å²) in [7, 11) is 0. The molecule has 2 aliphatic rings. The van der Waals surface area contributed by atoms with Crippen LogP contribution >= 0.6 is 0 Å². The highest BCUT2D eigenvalue weighted by molar-refractivity contribution is 5.94. The predicted molar refractivity (Wildman–Crippen MR) is 100 cm³/mol. The summed E-state index contributed by atoms with van der Waals surface area (Å²) in [5.74, 6) is 2.43. The highest BCUT2D eigenvalue weighted by Gasteiger charge is 2.33. The average molecular weight is 352 g/mol. The van der Waals surface area contributed by atoms with Crippen LogP contribution in [0.2, 0.25) is 0 Å². The van der Waals surface area contributed by atoms with Crippen LogP contribution in [0.1, 0.15) is 55.8 Å². The van der Waals surface area contributed by atoms with Gasteiger partial charge in [-0.2, -0.15) is 0 Å². The smallest absolute Gasteiger partial charge is 0.141 e. The molecule has 2 N–H and O–H groups in total. The van der Waals surface area contributed by atoms with E-state index < -0.39 is 6.23 Å². The van der Waals surface area contributed by atoms with Crippen molar-refractivity contribution in [1.29, 1.82) is 0 Å². The molecule has 6 nitrogen and oxygen atoms in total. The zero-order valence-electron chi connectivity index (χ0n) is 15.4. The van der Waals surface area contributed by atoms with Gasteiger partial charge in [-0.1, -0.05) is 5.16 Å². The summed E-state index contributed by atoms with van der Waals surface area (Å²) in [4.78, 5) is 10.5. The molecule has 2 aromatic heterocycles. The molecule has 1 aliphatic heterocycles. The number of hydrogen-bond donors (Lipinski definition) is 2. The number of nitrogens with one attached hydrogen (secondary N) is 1. The molecule has 3 heterocycles. The van der Waals surface area contributed by atoms with Gasteiger partial charge in [-0.3, -0.25) is 0 Å². The molecule has 26 heavy (non-hydrogen) atoms. The van der Waals surface area contributed by atoms with Gasteiger partial charge < -0.3 is 19.5 Å². The van der Waals surface area contributed by atoms with Gasteiger partial charge in [-0.25, -0.2) is 4.98 Å². The number of aliphatic hydroxyl groups is 1. The van der Waals surface area contributed by atoms with Crippen LogP contribution in [-0.4, -0.2) is 32.5 Å². The van der Waals surface area contributed by atoms with Gasteiger partial charge in [0.15, 0.2) is 0 Å². The van der Waals surface area contributed by atoms with E-state index in [9.17, 15) is 5.11 Å². The molecule has 1 saturated carbocycles. The number of nitrogens with zero attached hydrogens (tertiary/aromatic N) is 3. The molecule has 2 fully saturated rings. The molecule has 0 bridgehead atoms. The summed E-state index contributed by atoms with van der Waals surface area (Å²) in [6, 6.07) is 4.56. The number of aromatic amines is 1. The third kappa shape index (κ3) is 2.35. The van der Waals surface area contributed by atoms with Crippen molar-refractivity contribution in [1.82, 2.24) is 15.1 Å². The fraction of sp³-hybridized carbons (Fsp3) is 0.500. The maximum absolute atomic E-state index is 10.6. The van der Waals surface area contributed by atoms with E-state index in [0.717, 1.165) is 58.0 Å². The number of H-pyrrole nitrogens is 1. The number of fused-ring (bicyclic) bond motifs is 1. The van der Waals surface area contributed by atoms with Crippen molar-refractivity contribution in [3.63, 3.8) is 0 Å². The van der Waals surface area contributed by atoms with Gasteiger partial charge in [0.1, 0.15) is 23.3 Å². The molecule has 6 heteroatoms. The van der Waals surface area contributed by atoms with Crippen LogP contribution in [0.5, 0.6) is 0 Å². The lowest BCUT2D eigenvalue weighted by atomic mass is 10.0. The Morgan fingerprint density at radius 3 is 2.62 bits per heavy atom. The van der Waals surface area contributed by atoms with Gasteiger partial charge in [0.25, 0.3) is 0 Å². The maximum Gasteiger partial charge on any atom is 0.141 e. The van der Waals surface area contributed by atoms with Crippen LogP contribution in [0.15, 0.2) is 16.7 Å². The van der Waals surface area contributed by atoms with Crippen molar-refractivity contribution in [3.05, 3.63) is 29.4 Å². The van der Waals surface area contributed by atoms with E-state index in [1.54, 1.807) is 0 Å². The fourth-order valence-electron chi connectivity index (χ4n) is 4.26. The number of rotatable bonds is 3. The molecular weight excluding hydrogens is 328 g/mol. The first-order chi connectivity index (χ1) is 12.5. The summed E-state index contributed by atoms with van der Waals surface area (Å²) in [6.07, 6.45) is 3.72. The lowest BCUT2D eigenvalue weighted by Crippen LogP contribution is -2.34. The molecule has 0 spiro atoms. The van der Waals surface area contributed by atoms with E-state index in [0.29, 0.717) is 5.92 Å². The monoisotopic (exact) mass is 352 g/mol. The van der Waals surface area contributed by atoms with Gasteiger partial charge in [0, 0.05) is 17.5 Å². The number of hydrogen-bond acceptors (Lipinski definition) is 5. The van der Waals surface area contributed by atoms with E-state index in [4.69, 9.17) is 9.51 Å². The first-order valence-electron chi connectivity index (χ1n) is 9.46. The van der Waals surface area contributed by atoms with Crippen molar-refractivity contribution in [2.24, 2.45) is 0 Å². The first kappa shape index (κ1) is 15.9. The fourth-order valence-corrected chi connectivity index (χ4v) is 4.26. The molecule has 3 aromatic rings. The SMILES string of the molecule is Cc1noc(C)c1-c1cc(N2C(C)CCC2O)c2nc(C3CC3)[nH]c2c1. The van der Waals surface area contributed by atoms with E-state index in [1.807, 2.05) is 13.8 Å². The summed E-state index contributed by atoms with van der Waals surface area (Å²) < 4.78 is 5.38. The standard InChI is InChI=1S/C20H24N4O2/c1-10-4-7-17(25)24(10)16-9-14(18-11(2)23-26-12(18)3)8-15-19(16)22-20(21-15)13-5-6-13/h8-10,13,17,25H,4-7H2,1-3H3,(H,21,22). The van der Waals surface area contributed by atoms with E-state index in [-0.39, 0.29) is 6.04 Å². The second kappa shape index (κ2) is 5.58. The normalized spacial score (nSPS) is 23.3. The van der Waals surface area contributed by atoms with Crippen LogP contribution in [-0.2, 0) is 0 Å².